The summed E-state index contributed by atoms with van der Waals surface area (Å²) < 4.78 is 11.7. The Morgan fingerprint density at radius 3 is 1.39 bits per heavy atom. The number of aryl methyl sites for hydroxylation is 4. The Morgan fingerprint density at radius 2 is 0.878 bits per heavy atom. The number of nitrogens with two attached hydrogens (primary N) is 5. The topological polar surface area (TPSA) is 528 Å². The summed E-state index contributed by atoms with van der Waals surface area (Å²) in [6, 6.07) is 50.3. The number of benzene rings is 4. The molecular formula is C109H102Br2N27O9+. The number of unbranched alkanes of at least 4 members (excludes halogenated alkanes) is 2. The number of aliphatic carboxylic acids is 4. The molecule has 2 fully saturated rings. The van der Waals surface area contributed by atoms with Crippen LogP contribution in [0.4, 0.5) is 29.1 Å². The third kappa shape index (κ3) is 21.7. The van der Waals surface area contributed by atoms with E-state index in [-0.39, 0.29) is 48.1 Å². The first-order valence-corrected chi connectivity index (χ1v) is 50.0. The van der Waals surface area contributed by atoms with Gasteiger partial charge in [0.1, 0.15) is 29.5 Å². The molecular weight excluding hydrogens is 1990 g/mol. The van der Waals surface area contributed by atoms with Crippen LogP contribution in [0.15, 0.2) is 270 Å². The number of aromatic nitrogens is 20. The van der Waals surface area contributed by atoms with E-state index >= 15 is 0 Å². The number of pyridine rings is 5. The summed E-state index contributed by atoms with van der Waals surface area (Å²) in [5, 5.41) is 62.7. The van der Waals surface area contributed by atoms with Gasteiger partial charge in [0.15, 0.2) is 28.4 Å². The highest BCUT2D eigenvalue weighted by molar-refractivity contribution is 9.11. The number of nitrogens with zero attached hydrogens (tertiary/aromatic N) is 22. The van der Waals surface area contributed by atoms with E-state index in [2.05, 4.69) is 152 Å². The average Bonchev–Trinajstić information content (AvgIpc) is 1.69. The van der Waals surface area contributed by atoms with Crippen molar-refractivity contribution < 1.29 is 48.9 Å². The number of aliphatic imine (C=N–C) groups is 2. The Bertz CT molecular complexity index is 8390. The van der Waals surface area contributed by atoms with Crippen molar-refractivity contribution >= 4 is 157 Å². The zero-order chi connectivity index (χ0) is 102. The third-order valence-corrected chi connectivity index (χ3v) is 28.7. The van der Waals surface area contributed by atoms with Crippen molar-refractivity contribution in [2.75, 3.05) is 28.7 Å². The van der Waals surface area contributed by atoms with Gasteiger partial charge >= 0.3 is 23.9 Å². The Morgan fingerprint density at radius 1 is 0.415 bits per heavy atom. The molecule has 0 bridgehead atoms. The van der Waals surface area contributed by atoms with Crippen molar-refractivity contribution in [3.05, 3.63) is 310 Å². The van der Waals surface area contributed by atoms with Crippen molar-refractivity contribution in [2.45, 2.75) is 147 Å². The molecule has 147 heavy (non-hydrogen) atoms. The van der Waals surface area contributed by atoms with Crippen molar-refractivity contribution in [3.63, 3.8) is 0 Å². The molecule has 2 aliphatic carbocycles. The molecule has 17 heterocycles. The molecule has 0 atom stereocenters. The first-order chi connectivity index (χ1) is 71.4. The number of carbonyl (C=O) groups is 5. The number of hydrogen-bond donors (Lipinski definition) is 9. The smallest absolute Gasteiger partial charge is 0.306 e. The third-order valence-electron chi connectivity index (χ3n) is 26.9. The van der Waals surface area contributed by atoms with Gasteiger partial charge in [0.25, 0.3) is 0 Å². The molecule has 23 rings (SSSR count). The first-order valence-electron chi connectivity index (χ1n) is 48.4. The molecule has 0 amide bonds. The molecule has 15 aromatic heterocycles. The van der Waals surface area contributed by atoms with E-state index < -0.39 is 23.9 Å². The highest BCUT2D eigenvalue weighted by Gasteiger charge is 2.35. The van der Waals surface area contributed by atoms with Gasteiger partial charge in [-0.2, -0.15) is 38.5 Å². The van der Waals surface area contributed by atoms with E-state index in [0.29, 0.717) is 115 Å². The molecule has 38 heteroatoms. The van der Waals surface area contributed by atoms with E-state index in [4.69, 9.17) is 53.8 Å². The van der Waals surface area contributed by atoms with Crippen LogP contribution in [0.3, 0.4) is 0 Å². The fraction of sp³-hybridized carbons (Fsp3) is 0.229. The predicted molar refractivity (Wildman–Crippen MR) is 568 cm³/mol. The fourth-order valence-electron chi connectivity index (χ4n) is 19.1. The standard InChI is InChI=1S/C24H24N6O3.C23H19BrN5.C22H21BrN6O2.C21H21N5O2.C19H17N5O2/c1-13(31)20-21(14-4-6-15(7-5-14)24(32)33)29-23-17(12-28-30(23)22(20)25)16-8-9-19(27-11-16)18-3-2-10-26-18;24-22-20(6-5-16-9-11-26-12-10-16)15-28-21(14-27-29(28)23(22)25)19-8-7-17-3-1-2-4-18(17)13-19;23-18-19(12-3-5-13(6-4-12)22(30)31)28-21-15(11-27-29(21)20(18)24)14-7-8-17(26-10-14)16-2-1-9-25-16;22-19-11-16(7-2-1-3-9-20(27)28)25-21-17(13-24-26(19)21)15-10-14-6-4-5-8-18(14)23-12-15;20-17-9-14(5-3-7-18(25)26)23-19-15(11-22-24(17)19)13-8-12-4-1-2-6-16(12)21-10-13/h2,8-12,14-15H,3-7,25H2,1H3,(H,32,33);1-4,7-15H,5-6,25H2;1,7-13H,2-6,24H2,(H,30,31);4-6,8,10-13H,1-3,7,9,22H2,(H,27,28);1-2,4,6,8-11H,3,5,7,20H2,(H,25,26)/q;+1;;;. The predicted octanol–water partition coefficient (Wildman–Crippen LogP) is 18.8. The lowest BCUT2D eigenvalue weighted by atomic mass is 9.79. The molecule has 0 unspecified atom stereocenters. The molecule has 2 aliphatic heterocycles. The zero-order valence-electron chi connectivity index (χ0n) is 79.9. The molecule has 740 valence electrons. The number of Topliss-reactive ketones (excluding diaryl/α,β-unsaturated/α-hetero) is 1. The number of carboxylic acid groups (broad SMARTS) is 4. The van der Waals surface area contributed by atoms with Crippen molar-refractivity contribution in [1.82, 2.24) is 93.0 Å². The van der Waals surface area contributed by atoms with Crippen LogP contribution in [0, 0.1) is 11.8 Å². The maximum Gasteiger partial charge on any atom is 0.306 e. The molecule has 4 aromatic carbocycles. The van der Waals surface area contributed by atoms with E-state index in [1.807, 2.05) is 145 Å². The minimum atomic E-state index is -0.814. The van der Waals surface area contributed by atoms with Crippen LogP contribution in [0.25, 0.3) is 111 Å². The molecule has 14 N–H and O–H groups in total. The van der Waals surface area contributed by atoms with Gasteiger partial charge in [0, 0.05) is 187 Å². The van der Waals surface area contributed by atoms with Crippen LogP contribution in [0.1, 0.15) is 177 Å². The van der Waals surface area contributed by atoms with Gasteiger partial charge in [0.2, 0.25) is 17.7 Å². The summed E-state index contributed by atoms with van der Waals surface area (Å²) >= 11 is 7.26. The van der Waals surface area contributed by atoms with Gasteiger partial charge in [-0.05, 0) is 212 Å². The number of ketones is 1. The first kappa shape index (κ1) is 98.6. The Hall–Kier alpha value is -17.2. The normalized spacial score (nSPS) is 15.3. The Labute approximate surface area is 857 Å². The number of carbonyl (C=O) groups excluding carboxylic acids is 1. The average molecular weight is 2090 g/mol. The van der Waals surface area contributed by atoms with Crippen LogP contribution < -0.4 is 33.2 Å². The van der Waals surface area contributed by atoms with Gasteiger partial charge in [0.05, 0.1) is 96.4 Å². The molecule has 19 aromatic rings. The van der Waals surface area contributed by atoms with Gasteiger partial charge in [-0.3, -0.25) is 58.9 Å². The van der Waals surface area contributed by atoms with E-state index in [1.54, 1.807) is 73.8 Å². The minimum absolute atomic E-state index is 0.0251. The summed E-state index contributed by atoms with van der Waals surface area (Å²) in [4.78, 5) is 107. The monoisotopic (exact) mass is 2090 g/mol. The number of para-hydroxylation sites is 2. The van der Waals surface area contributed by atoms with Crippen LogP contribution in [-0.4, -0.2) is 155 Å². The van der Waals surface area contributed by atoms with Gasteiger partial charge in [-0.25, -0.2) is 19.9 Å². The quantitative estimate of drug-likeness (QED) is 0.0146. The molecule has 0 spiro atoms. The summed E-state index contributed by atoms with van der Waals surface area (Å²) in [5.74, 6) is -1.37. The lowest BCUT2D eigenvalue weighted by Gasteiger charge is -2.27. The zero-order valence-corrected chi connectivity index (χ0v) is 83.1. The van der Waals surface area contributed by atoms with Gasteiger partial charge < -0.3 is 49.1 Å². The summed E-state index contributed by atoms with van der Waals surface area (Å²) in [6.07, 6.45) is 42.4. The fourth-order valence-corrected chi connectivity index (χ4v) is 20.2. The number of halogens is 2. The second-order valence-electron chi connectivity index (χ2n) is 36.6. The van der Waals surface area contributed by atoms with Crippen LogP contribution in [-0.2, 0) is 44.9 Å². The van der Waals surface area contributed by atoms with Gasteiger partial charge in [-0.1, -0.05) is 97.4 Å². The van der Waals surface area contributed by atoms with Crippen molar-refractivity contribution in [2.24, 2.45) is 21.8 Å². The second-order valence-corrected chi connectivity index (χ2v) is 38.2. The number of carboxylic acids is 4. The molecule has 0 saturated heterocycles. The van der Waals surface area contributed by atoms with E-state index in [9.17, 15) is 34.2 Å². The molecule has 36 nitrogen and oxygen atoms in total. The number of allylic oxidation sites excluding steroid dienone is 2. The second kappa shape index (κ2) is 44.0. The van der Waals surface area contributed by atoms with Crippen molar-refractivity contribution in [3.8, 4) is 55.8 Å². The number of nitrogen functional groups attached to an aromatic ring is 5. The maximum absolute atomic E-state index is 12.5. The lowest BCUT2D eigenvalue weighted by molar-refractivity contribution is -0.611. The van der Waals surface area contributed by atoms with Crippen LogP contribution in [0.5, 0.6) is 0 Å². The number of fused-ring (bicyclic) bond motifs is 8. The van der Waals surface area contributed by atoms with Crippen LogP contribution in [0.2, 0.25) is 0 Å². The van der Waals surface area contributed by atoms with Gasteiger partial charge in [-0.15, -0.1) is 4.52 Å². The summed E-state index contributed by atoms with van der Waals surface area (Å²) in [7, 11) is 0. The minimum Gasteiger partial charge on any atom is -0.481 e. The number of hydrogen-bond acceptors (Lipinski definition) is 26. The van der Waals surface area contributed by atoms with Crippen LogP contribution >= 0.6 is 31.9 Å². The molecule has 2 saturated carbocycles. The van der Waals surface area contributed by atoms with E-state index in [0.717, 1.165) is 190 Å². The molecule has 0 radical (unpaired) electrons. The molecule has 4 aliphatic rings. The Kier molecular flexibility index (Phi) is 29.5. The van der Waals surface area contributed by atoms with E-state index in [1.165, 1.54) is 27.8 Å². The largest absolute Gasteiger partial charge is 0.481 e. The summed E-state index contributed by atoms with van der Waals surface area (Å²) in [6.45, 7) is 1.47. The highest BCUT2D eigenvalue weighted by Crippen LogP contribution is 2.44. The highest BCUT2D eigenvalue weighted by atomic mass is 79.9. The summed E-state index contributed by atoms with van der Waals surface area (Å²) in [5.41, 5.74) is 54.4. The number of anilines is 5. The Balaban J connectivity index is 0.000000116. The maximum atomic E-state index is 12.5. The SMILES string of the molecule is CC(=O)c1c(C2CCC(C(=O)O)CC2)nc2c(-c3ccc(C4=NC=CC4)nc3)cnn2c1N.Nc1c(Br)c(C2CCC(C(=O)O)CC2)nc2c(-c3ccc(C4=NC=CC4)nc3)cnn12.Nc1c(Br)c(CCc2ccncc2)c[n+]2c(-c3ccc4ccccc4c3)cnn12.Nc1cc(CCCC(=O)O)nc2c(-c3cnc4ccccc4c3)cnn12.Nc1cc(CCCCCC(=O)O)nc2c(-c3cnc4ccccc4c3)cnn12. The lowest BCUT2D eigenvalue weighted by Crippen LogP contribution is -2.33. The van der Waals surface area contributed by atoms with Crippen molar-refractivity contribution in [1.29, 1.82) is 0 Å². The number of rotatable bonds is 25.